The minimum Gasteiger partial charge on any atom is -0.366 e. The number of hydrogen-bond acceptors (Lipinski definition) is 8. The van der Waals surface area contributed by atoms with Crippen LogP contribution in [0.25, 0.3) is 11.7 Å². The summed E-state index contributed by atoms with van der Waals surface area (Å²) in [4.78, 5) is 7.59. The average Bonchev–Trinajstić information content (AvgIpc) is 2.71. The van der Waals surface area contributed by atoms with Crippen LogP contribution < -0.4 is 5.73 Å². The summed E-state index contributed by atoms with van der Waals surface area (Å²) in [7, 11) is -3.20. The van der Waals surface area contributed by atoms with Gasteiger partial charge in [-0.05, 0) is 0 Å². The molecule has 2 rings (SSSR count). The minimum absolute atomic E-state index is 0.0397. The van der Waals surface area contributed by atoms with E-state index in [4.69, 9.17) is 10.3 Å². The van der Waals surface area contributed by atoms with E-state index in [0.717, 1.165) is 6.26 Å². The maximum absolute atomic E-state index is 11.0. The monoisotopic (exact) mass is 244 g/mol. The van der Waals surface area contributed by atoms with Crippen LogP contribution in [0.4, 0.5) is 5.95 Å². The first-order chi connectivity index (χ1) is 7.44. The van der Waals surface area contributed by atoms with Gasteiger partial charge in [-0.2, -0.15) is 9.97 Å². The molecule has 2 heterocycles. The van der Waals surface area contributed by atoms with Crippen molar-refractivity contribution in [3.05, 3.63) is 5.82 Å². The number of nitrogen functional groups attached to an aromatic ring is 1. The highest BCUT2D eigenvalue weighted by molar-refractivity contribution is 7.89. The zero-order valence-corrected chi connectivity index (χ0v) is 9.02. The molecule has 0 aliphatic carbocycles. The zero-order valence-electron chi connectivity index (χ0n) is 8.21. The normalized spacial score (nSPS) is 11.8. The van der Waals surface area contributed by atoms with Gasteiger partial charge in [0.2, 0.25) is 11.8 Å². The first-order valence-electron chi connectivity index (χ1n) is 4.12. The van der Waals surface area contributed by atoms with Gasteiger partial charge in [-0.15, -0.1) is 5.10 Å². The molecule has 3 N–H and O–H groups in total. The van der Waals surface area contributed by atoms with Crippen molar-refractivity contribution in [2.24, 2.45) is 0 Å². The van der Waals surface area contributed by atoms with Crippen LogP contribution in [0.1, 0.15) is 5.82 Å². The molecule has 0 spiro atoms. The fourth-order valence-electron chi connectivity index (χ4n) is 1.01. The molecule has 16 heavy (non-hydrogen) atoms. The van der Waals surface area contributed by atoms with E-state index in [0.29, 0.717) is 0 Å². The molecule has 9 nitrogen and oxygen atoms in total. The Morgan fingerprint density at radius 1 is 1.44 bits per heavy atom. The molecular formula is C6H8N6O3S. The lowest BCUT2D eigenvalue weighted by Gasteiger charge is -1.88. The van der Waals surface area contributed by atoms with Crippen molar-refractivity contribution in [1.29, 1.82) is 0 Å². The van der Waals surface area contributed by atoms with Crippen LogP contribution in [0.15, 0.2) is 4.52 Å². The van der Waals surface area contributed by atoms with Crippen molar-refractivity contribution in [3.63, 3.8) is 0 Å². The third kappa shape index (κ3) is 2.34. The lowest BCUT2D eigenvalue weighted by molar-refractivity contribution is 0.422. The predicted octanol–water partition coefficient (Wildman–Crippen LogP) is -1.02. The minimum atomic E-state index is -3.20. The molecule has 10 heteroatoms. The maximum atomic E-state index is 11.0. The van der Waals surface area contributed by atoms with Gasteiger partial charge in [0, 0.05) is 6.26 Å². The van der Waals surface area contributed by atoms with Crippen molar-refractivity contribution >= 4 is 15.8 Å². The van der Waals surface area contributed by atoms with E-state index in [-0.39, 0.29) is 29.2 Å². The maximum Gasteiger partial charge on any atom is 0.295 e. The van der Waals surface area contributed by atoms with Crippen molar-refractivity contribution < 1.29 is 12.9 Å². The lowest BCUT2D eigenvalue weighted by atomic mass is 10.6. The average molecular weight is 244 g/mol. The molecule has 2 aromatic rings. The molecule has 0 aliphatic rings. The molecule has 0 unspecified atom stereocenters. The van der Waals surface area contributed by atoms with E-state index in [9.17, 15) is 8.42 Å². The number of nitrogens with two attached hydrogens (primary N) is 1. The van der Waals surface area contributed by atoms with Crippen LogP contribution in [0.2, 0.25) is 0 Å². The highest BCUT2D eigenvalue weighted by Crippen LogP contribution is 2.12. The predicted molar refractivity (Wildman–Crippen MR) is 52.6 cm³/mol. The second-order valence-corrected chi connectivity index (χ2v) is 5.27. The Labute approximate surface area is 90.0 Å². The van der Waals surface area contributed by atoms with Crippen LogP contribution in [0, 0.1) is 0 Å². The molecule has 0 fully saturated rings. The van der Waals surface area contributed by atoms with Crippen molar-refractivity contribution in [1.82, 2.24) is 25.3 Å². The van der Waals surface area contributed by atoms with Gasteiger partial charge in [0.1, 0.15) is 5.75 Å². The second-order valence-electron chi connectivity index (χ2n) is 3.13. The molecule has 2 aromatic heterocycles. The molecule has 0 bridgehead atoms. The highest BCUT2D eigenvalue weighted by atomic mass is 32.2. The Morgan fingerprint density at radius 3 is 2.75 bits per heavy atom. The van der Waals surface area contributed by atoms with Gasteiger partial charge in [0.25, 0.3) is 5.89 Å². The van der Waals surface area contributed by atoms with Crippen LogP contribution in [-0.4, -0.2) is 40.0 Å². The van der Waals surface area contributed by atoms with E-state index in [1.165, 1.54) is 0 Å². The van der Waals surface area contributed by atoms with Gasteiger partial charge in [-0.25, -0.2) is 8.42 Å². The lowest BCUT2D eigenvalue weighted by Crippen LogP contribution is -2.02. The standard InChI is InChI=1S/C6H8N6O3S/c1-16(13,14)2-3-8-5(15-12-3)4-9-6(7)11-10-4/h2H2,1H3,(H3,7,9,10,11). The summed E-state index contributed by atoms with van der Waals surface area (Å²) in [6.45, 7) is 0. The van der Waals surface area contributed by atoms with Gasteiger partial charge >= 0.3 is 0 Å². The molecule has 0 amide bonds. The van der Waals surface area contributed by atoms with Crippen LogP contribution in [-0.2, 0) is 15.6 Å². The fourth-order valence-corrected chi connectivity index (χ4v) is 1.60. The number of nitrogens with one attached hydrogen (secondary N) is 1. The zero-order chi connectivity index (χ0) is 11.8. The number of rotatable bonds is 3. The number of hydrogen-bond donors (Lipinski definition) is 2. The van der Waals surface area contributed by atoms with E-state index in [1.54, 1.807) is 0 Å². The largest absolute Gasteiger partial charge is 0.366 e. The molecule has 0 aliphatic heterocycles. The first-order valence-corrected chi connectivity index (χ1v) is 6.18. The quantitative estimate of drug-likeness (QED) is 0.698. The first kappa shape index (κ1) is 10.5. The number of sulfone groups is 1. The third-order valence-corrected chi connectivity index (χ3v) is 2.35. The fraction of sp³-hybridized carbons (Fsp3) is 0.333. The van der Waals surface area contributed by atoms with Gasteiger partial charge in [-0.1, -0.05) is 5.16 Å². The topological polar surface area (TPSA) is 141 Å². The third-order valence-electron chi connectivity index (χ3n) is 1.56. The number of aromatic amines is 1. The van der Waals surface area contributed by atoms with Crippen molar-refractivity contribution in [3.8, 4) is 11.7 Å². The van der Waals surface area contributed by atoms with E-state index < -0.39 is 9.84 Å². The summed E-state index contributed by atoms with van der Waals surface area (Å²) in [6.07, 6.45) is 1.08. The van der Waals surface area contributed by atoms with E-state index >= 15 is 0 Å². The summed E-state index contributed by atoms with van der Waals surface area (Å²) in [5.41, 5.74) is 5.29. The van der Waals surface area contributed by atoms with Gasteiger partial charge < -0.3 is 10.3 Å². The SMILES string of the molecule is CS(=O)(=O)Cc1noc(-c2nc(N)n[nH]2)n1. The number of aromatic nitrogens is 5. The van der Waals surface area contributed by atoms with Gasteiger partial charge in [0.05, 0.1) is 0 Å². The molecule has 86 valence electrons. The second kappa shape index (κ2) is 3.56. The van der Waals surface area contributed by atoms with Crippen molar-refractivity contribution in [2.75, 3.05) is 12.0 Å². The Kier molecular flexibility index (Phi) is 2.34. The summed E-state index contributed by atoms with van der Waals surface area (Å²) >= 11 is 0. The van der Waals surface area contributed by atoms with E-state index in [2.05, 4.69) is 25.3 Å². The Bertz CT molecular complexity index is 599. The number of anilines is 1. The summed E-state index contributed by atoms with van der Waals surface area (Å²) in [5, 5.41) is 9.53. The van der Waals surface area contributed by atoms with E-state index in [1.807, 2.05) is 0 Å². The number of nitrogens with zero attached hydrogens (tertiary/aromatic N) is 4. The highest BCUT2D eigenvalue weighted by Gasteiger charge is 2.15. The van der Waals surface area contributed by atoms with Crippen molar-refractivity contribution in [2.45, 2.75) is 5.75 Å². The molecule has 0 radical (unpaired) electrons. The summed E-state index contributed by atoms with van der Waals surface area (Å²) in [5.74, 6) is 0.0538. The smallest absolute Gasteiger partial charge is 0.295 e. The van der Waals surface area contributed by atoms with Crippen LogP contribution in [0.3, 0.4) is 0 Å². The van der Waals surface area contributed by atoms with Gasteiger partial charge in [0.15, 0.2) is 15.7 Å². The summed E-state index contributed by atoms with van der Waals surface area (Å²) < 4.78 is 26.7. The Morgan fingerprint density at radius 2 is 2.19 bits per heavy atom. The molecule has 0 aromatic carbocycles. The Balaban J connectivity index is 2.26. The molecule has 0 saturated carbocycles. The van der Waals surface area contributed by atoms with Crippen LogP contribution >= 0.6 is 0 Å². The molecule has 0 saturated heterocycles. The Hall–Kier alpha value is -1.97. The summed E-state index contributed by atoms with van der Waals surface area (Å²) in [6, 6.07) is 0. The molecule has 0 atom stereocenters. The number of H-pyrrole nitrogens is 1. The molecular weight excluding hydrogens is 236 g/mol. The van der Waals surface area contributed by atoms with Crippen LogP contribution in [0.5, 0.6) is 0 Å². The van der Waals surface area contributed by atoms with Gasteiger partial charge in [-0.3, -0.25) is 5.10 Å².